The SMILES string of the molecule is NNc1cc(C2CCCC2)nc(C2CC3CCC2O3)n1. The molecule has 0 amide bonds. The lowest BCUT2D eigenvalue weighted by molar-refractivity contribution is 0.0998. The Labute approximate surface area is 119 Å². The van der Waals surface area contributed by atoms with E-state index in [2.05, 4.69) is 10.4 Å². The number of nitrogen functional groups attached to an aromatic ring is 1. The molecule has 1 aromatic rings. The Kier molecular flexibility index (Phi) is 3.11. The number of nitrogens with one attached hydrogen (secondary N) is 1. The lowest BCUT2D eigenvalue weighted by Gasteiger charge is -2.19. The number of hydrazine groups is 1. The summed E-state index contributed by atoms with van der Waals surface area (Å²) in [6.45, 7) is 0. The van der Waals surface area contributed by atoms with Crippen molar-refractivity contribution < 1.29 is 4.74 Å². The van der Waals surface area contributed by atoms with Crippen LogP contribution >= 0.6 is 0 Å². The maximum absolute atomic E-state index is 5.95. The van der Waals surface area contributed by atoms with Crippen LogP contribution in [0.15, 0.2) is 6.07 Å². The third kappa shape index (κ3) is 2.09. The van der Waals surface area contributed by atoms with Gasteiger partial charge in [-0.15, -0.1) is 0 Å². The lowest BCUT2D eigenvalue weighted by Crippen LogP contribution is -2.20. The van der Waals surface area contributed by atoms with Gasteiger partial charge in [-0.2, -0.15) is 0 Å². The van der Waals surface area contributed by atoms with E-state index in [1.54, 1.807) is 0 Å². The molecule has 5 heteroatoms. The minimum absolute atomic E-state index is 0.324. The summed E-state index contributed by atoms with van der Waals surface area (Å²) in [7, 11) is 0. The highest BCUT2D eigenvalue weighted by Crippen LogP contribution is 2.44. The maximum atomic E-state index is 5.95. The van der Waals surface area contributed by atoms with Gasteiger partial charge in [0.25, 0.3) is 0 Å². The largest absolute Gasteiger partial charge is 0.374 e. The molecule has 1 saturated carbocycles. The molecule has 2 aliphatic heterocycles. The quantitative estimate of drug-likeness (QED) is 0.654. The molecule has 3 heterocycles. The van der Waals surface area contributed by atoms with Gasteiger partial charge in [0, 0.05) is 23.6 Å². The van der Waals surface area contributed by atoms with Gasteiger partial charge in [0.15, 0.2) is 0 Å². The number of hydrogen-bond donors (Lipinski definition) is 2. The van der Waals surface area contributed by atoms with Crippen molar-refractivity contribution in [2.24, 2.45) is 5.84 Å². The Morgan fingerprint density at radius 1 is 1.15 bits per heavy atom. The molecule has 3 N–H and O–H groups in total. The summed E-state index contributed by atoms with van der Waals surface area (Å²) in [5.74, 6) is 8.23. The molecule has 1 aliphatic carbocycles. The van der Waals surface area contributed by atoms with E-state index in [-0.39, 0.29) is 0 Å². The van der Waals surface area contributed by atoms with Crippen LogP contribution in [-0.4, -0.2) is 22.2 Å². The highest BCUT2D eigenvalue weighted by molar-refractivity contribution is 5.36. The number of nitrogens with two attached hydrogens (primary N) is 1. The molecule has 5 nitrogen and oxygen atoms in total. The van der Waals surface area contributed by atoms with E-state index >= 15 is 0 Å². The first-order chi connectivity index (χ1) is 9.83. The Hall–Kier alpha value is -1.20. The Balaban J connectivity index is 1.66. The zero-order valence-corrected chi connectivity index (χ0v) is 11.7. The number of ether oxygens (including phenoxy) is 1. The summed E-state index contributed by atoms with van der Waals surface area (Å²) in [5, 5.41) is 0. The van der Waals surface area contributed by atoms with Gasteiger partial charge in [-0.25, -0.2) is 15.8 Å². The van der Waals surface area contributed by atoms with Gasteiger partial charge in [-0.05, 0) is 32.1 Å². The second-order valence-electron chi connectivity index (χ2n) is 6.38. The molecule has 3 unspecified atom stereocenters. The molecular formula is C15H22N4O. The molecule has 3 aliphatic rings. The second-order valence-corrected chi connectivity index (χ2v) is 6.38. The summed E-state index contributed by atoms with van der Waals surface area (Å²) < 4.78 is 5.95. The fourth-order valence-corrected chi connectivity index (χ4v) is 4.07. The van der Waals surface area contributed by atoms with Crippen molar-refractivity contribution in [1.82, 2.24) is 9.97 Å². The van der Waals surface area contributed by atoms with E-state index in [1.165, 1.54) is 37.8 Å². The van der Waals surface area contributed by atoms with Gasteiger partial charge in [0.05, 0.1) is 12.2 Å². The third-order valence-corrected chi connectivity index (χ3v) is 5.12. The van der Waals surface area contributed by atoms with E-state index in [9.17, 15) is 0 Å². The molecule has 2 saturated heterocycles. The van der Waals surface area contributed by atoms with Crippen molar-refractivity contribution in [3.05, 3.63) is 17.6 Å². The predicted octanol–water partition coefficient (Wildman–Crippen LogP) is 2.45. The van der Waals surface area contributed by atoms with Crippen molar-refractivity contribution in [2.45, 2.75) is 69.0 Å². The average Bonchev–Trinajstić information content (AvgIpc) is 3.23. The van der Waals surface area contributed by atoms with Crippen LogP contribution in [0.2, 0.25) is 0 Å². The highest BCUT2D eigenvalue weighted by atomic mass is 16.5. The molecule has 108 valence electrons. The topological polar surface area (TPSA) is 73.1 Å². The molecular weight excluding hydrogens is 252 g/mol. The first-order valence-electron chi connectivity index (χ1n) is 7.84. The molecule has 0 spiro atoms. The molecule has 20 heavy (non-hydrogen) atoms. The first-order valence-corrected chi connectivity index (χ1v) is 7.84. The fraction of sp³-hybridized carbons (Fsp3) is 0.733. The Morgan fingerprint density at radius 2 is 2.00 bits per heavy atom. The Bertz CT molecular complexity index is 501. The van der Waals surface area contributed by atoms with Crippen LogP contribution in [0.3, 0.4) is 0 Å². The minimum Gasteiger partial charge on any atom is -0.374 e. The van der Waals surface area contributed by atoms with Crippen molar-refractivity contribution in [3.8, 4) is 0 Å². The van der Waals surface area contributed by atoms with Crippen molar-refractivity contribution in [1.29, 1.82) is 0 Å². The zero-order chi connectivity index (χ0) is 13.5. The third-order valence-electron chi connectivity index (χ3n) is 5.12. The van der Waals surface area contributed by atoms with Crippen LogP contribution in [0.4, 0.5) is 5.82 Å². The maximum Gasteiger partial charge on any atom is 0.143 e. The lowest BCUT2D eigenvalue weighted by atomic mass is 9.88. The van der Waals surface area contributed by atoms with Crippen LogP contribution in [0.1, 0.15) is 68.3 Å². The summed E-state index contributed by atoms with van der Waals surface area (Å²) >= 11 is 0. The fourth-order valence-electron chi connectivity index (χ4n) is 4.07. The van der Waals surface area contributed by atoms with E-state index < -0.39 is 0 Å². The second kappa shape index (κ2) is 4.97. The van der Waals surface area contributed by atoms with Crippen LogP contribution < -0.4 is 11.3 Å². The summed E-state index contributed by atoms with van der Waals surface area (Å²) in [6.07, 6.45) is 9.29. The minimum atomic E-state index is 0.324. The van der Waals surface area contributed by atoms with Gasteiger partial charge < -0.3 is 10.2 Å². The predicted molar refractivity (Wildman–Crippen MR) is 76.3 cm³/mol. The van der Waals surface area contributed by atoms with Gasteiger partial charge in [-0.3, -0.25) is 0 Å². The average molecular weight is 274 g/mol. The van der Waals surface area contributed by atoms with Gasteiger partial charge in [-0.1, -0.05) is 12.8 Å². The summed E-state index contributed by atoms with van der Waals surface area (Å²) in [5.41, 5.74) is 3.88. The molecule has 3 atom stereocenters. The molecule has 2 bridgehead atoms. The monoisotopic (exact) mass is 274 g/mol. The smallest absolute Gasteiger partial charge is 0.143 e. The number of fused-ring (bicyclic) bond motifs is 2. The summed E-state index contributed by atoms with van der Waals surface area (Å²) in [4.78, 5) is 9.47. The molecule has 1 aromatic heterocycles. The van der Waals surface area contributed by atoms with E-state index in [1.807, 2.05) is 6.07 Å². The first kappa shape index (κ1) is 12.5. The van der Waals surface area contributed by atoms with Gasteiger partial charge in [0.2, 0.25) is 0 Å². The van der Waals surface area contributed by atoms with Crippen LogP contribution in [-0.2, 0) is 4.74 Å². The van der Waals surface area contributed by atoms with Crippen molar-refractivity contribution in [3.63, 3.8) is 0 Å². The number of hydrogen-bond acceptors (Lipinski definition) is 5. The van der Waals surface area contributed by atoms with Crippen LogP contribution in [0.5, 0.6) is 0 Å². The normalized spacial score (nSPS) is 33.0. The molecule has 3 fully saturated rings. The van der Waals surface area contributed by atoms with Crippen LogP contribution in [0.25, 0.3) is 0 Å². The van der Waals surface area contributed by atoms with E-state index in [4.69, 9.17) is 15.6 Å². The van der Waals surface area contributed by atoms with Gasteiger partial charge >= 0.3 is 0 Å². The number of aromatic nitrogens is 2. The van der Waals surface area contributed by atoms with Gasteiger partial charge in [0.1, 0.15) is 11.6 Å². The highest BCUT2D eigenvalue weighted by Gasteiger charge is 2.43. The van der Waals surface area contributed by atoms with Crippen LogP contribution in [0, 0.1) is 0 Å². The molecule has 0 aromatic carbocycles. The van der Waals surface area contributed by atoms with E-state index in [0.29, 0.717) is 24.0 Å². The zero-order valence-electron chi connectivity index (χ0n) is 11.7. The Morgan fingerprint density at radius 3 is 2.65 bits per heavy atom. The van der Waals surface area contributed by atoms with Crippen molar-refractivity contribution in [2.75, 3.05) is 5.43 Å². The van der Waals surface area contributed by atoms with Crippen molar-refractivity contribution >= 4 is 5.82 Å². The number of nitrogens with zero attached hydrogens (tertiary/aromatic N) is 2. The molecule has 0 radical (unpaired) electrons. The summed E-state index contributed by atoms with van der Waals surface area (Å²) in [6, 6.07) is 2.02. The standard InChI is InChI=1S/C15H22N4O/c16-19-14-8-12(9-3-1-2-4-9)17-15(18-14)11-7-10-5-6-13(11)20-10/h8-11,13H,1-7,16H2,(H,17,18,19). The number of anilines is 1. The number of rotatable bonds is 3. The van der Waals surface area contributed by atoms with E-state index in [0.717, 1.165) is 24.5 Å². The molecule has 4 rings (SSSR count).